The summed E-state index contributed by atoms with van der Waals surface area (Å²) in [5.41, 5.74) is 6.39. The predicted octanol–water partition coefficient (Wildman–Crippen LogP) is 0.775. The van der Waals surface area contributed by atoms with Crippen molar-refractivity contribution in [1.29, 1.82) is 0 Å². The zero-order valence-electron chi connectivity index (χ0n) is 8.43. The van der Waals surface area contributed by atoms with Crippen LogP contribution in [0.1, 0.15) is 11.5 Å². The minimum Gasteiger partial charge on any atom is -0.330 e. The van der Waals surface area contributed by atoms with Gasteiger partial charge in [-0.05, 0) is 17.7 Å². The van der Waals surface area contributed by atoms with Crippen molar-refractivity contribution in [3.63, 3.8) is 0 Å². The first-order chi connectivity index (χ1) is 7.42. The molecule has 1 rings (SSSR count). The van der Waals surface area contributed by atoms with E-state index >= 15 is 0 Å². The molecule has 0 amide bonds. The van der Waals surface area contributed by atoms with Crippen LogP contribution >= 0.6 is 11.6 Å². The van der Waals surface area contributed by atoms with Crippen molar-refractivity contribution in [3.05, 3.63) is 34.9 Å². The summed E-state index contributed by atoms with van der Waals surface area (Å²) in [4.78, 5) is 0. The van der Waals surface area contributed by atoms with Gasteiger partial charge in [0.15, 0.2) is 0 Å². The molecule has 1 unspecified atom stereocenters. The first-order valence-electron chi connectivity index (χ1n) is 4.60. The molecular formula is C9H13ClN2O3S. The summed E-state index contributed by atoms with van der Waals surface area (Å²) in [7, 11) is -4.18. The number of nitrogens with two attached hydrogens (primary N) is 1. The van der Waals surface area contributed by atoms with Crippen molar-refractivity contribution in [2.75, 3.05) is 13.1 Å². The SMILES string of the molecule is NCC(CNS(=O)(=O)O)c1ccc(Cl)cc1. The normalized spacial score (nSPS) is 13.7. The molecule has 1 atom stereocenters. The molecule has 0 aliphatic carbocycles. The molecule has 0 aliphatic rings. The van der Waals surface area contributed by atoms with E-state index in [0.29, 0.717) is 5.02 Å². The predicted molar refractivity (Wildman–Crippen MR) is 62.8 cm³/mol. The lowest BCUT2D eigenvalue weighted by Crippen LogP contribution is -2.30. The second-order valence-electron chi connectivity index (χ2n) is 3.31. The highest BCUT2D eigenvalue weighted by Gasteiger charge is 2.12. The van der Waals surface area contributed by atoms with Gasteiger partial charge in [0, 0.05) is 24.0 Å². The number of benzene rings is 1. The van der Waals surface area contributed by atoms with E-state index in [9.17, 15) is 8.42 Å². The van der Waals surface area contributed by atoms with Gasteiger partial charge in [-0.1, -0.05) is 23.7 Å². The van der Waals surface area contributed by atoms with Gasteiger partial charge in [-0.25, -0.2) is 0 Å². The average Bonchev–Trinajstić information content (AvgIpc) is 2.20. The number of rotatable bonds is 5. The number of nitrogens with one attached hydrogen (secondary N) is 1. The molecule has 0 fully saturated rings. The minimum atomic E-state index is -4.18. The molecule has 0 aromatic heterocycles. The van der Waals surface area contributed by atoms with Crippen LogP contribution in [-0.4, -0.2) is 26.1 Å². The maximum absolute atomic E-state index is 10.5. The number of halogens is 1. The van der Waals surface area contributed by atoms with Crippen LogP contribution in [0.3, 0.4) is 0 Å². The third kappa shape index (κ3) is 4.46. The van der Waals surface area contributed by atoms with E-state index in [-0.39, 0.29) is 19.0 Å². The van der Waals surface area contributed by atoms with Crippen LogP contribution < -0.4 is 10.5 Å². The maximum Gasteiger partial charge on any atom is 0.333 e. The molecule has 0 aliphatic heterocycles. The molecule has 16 heavy (non-hydrogen) atoms. The highest BCUT2D eigenvalue weighted by molar-refractivity contribution is 7.83. The van der Waals surface area contributed by atoms with Gasteiger partial charge in [-0.2, -0.15) is 13.1 Å². The average molecular weight is 265 g/mol. The van der Waals surface area contributed by atoms with Gasteiger partial charge < -0.3 is 5.73 Å². The van der Waals surface area contributed by atoms with Gasteiger partial charge >= 0.3 is 10.3 Å². The van der Waals surface area contributed by atoms with Crippen molar-refractivity contribution < 1.29 is 13.0 Å². The molecule has 0 heterocycles. The molecule has 0 saturated carbocycles. The van der Waals surface area contributed by atoms with Crippen molar-refractivity contribution in [3.8, 4) is 0 Å². The smallest absolute Gasteiger partial charge is 0.330 e. The lowest BCUT2D eigenvalue weighted by molar-refractivity contribution is 0.463. The molecule has 0 bridgehead atoms. The largest absolute Gasteiger partial charge is 0.333 e. The lowest BCUT2D eigenvalue weighted by atomic mass is 10.00. The minimum absolute atomic E-state index is 0.0525. The topological polar surface area (TPSA) is 92.4 Å². The Morgan fingerprint density at radius 2 is 1.94 bits per heavy atom. The van der Waals surface area contributed by atoms with Crippen LogP contribution in [0, 0.1) is 0 Å². The van der Waals surface area contributed by atoms with E-state index in [0.717, 1.165) is 5.56 Å². The summed E-state index contributed by atoms with van der Waals surface area (Å²) in [6.07, 6.45) is 0. The molecule has 1 aromatic rings. The van der Waals surface area contributed by atoms with Gasteiger partial charge in [0.05, 0.1) is 0 Å². The molecule has 0 radical (unpaired) electrons. The van der Waals surface area contributed by atoms with Crippen LogP contribution in [0.25, 0.3) is 0 Å². The van der Waals surface area contributed by atoms with Crippen molar-refractivity contribution >= 4 is 21.9 Å². The summed E-state index contributed by atoms with van der Waals surface area (Å²) in [6.45, 7) is 0.321. The van der Waals surface area contributed by atoms with Gasteiger partial charge in [0.2, 0.25) is 0 Å². The Hall–Kier alpha value is -0.660. The zero-order valence-corrected chi connectivity index (χ0v) is 10.0. The summed E-state index contributed by atoms with van der Waals surface area (Å²) >= 11 is 5.73. The summed E-state index contributed by atoms with van der Waals surface area (Å²) in [6, 6.07) is 6.94. The van der Waals surface area contributed by atoms with Crippen LogP contribution in [0.2, 0.25) is 5.02 Å². The zero-order chi connectivity index (χ0) is 12.2. The van der Waals surface area contributed by atoms with Crippen molar-refractivity contribution in [1.82, 2.24) is 4.72 Å². The molecule has 7 heteroatoms. The van der Waals surface area contributed by atoms with E-state index in [1.807, 2.05) is 4.72 Å². The fraction of sp³-hybridized carbons (Fsp3) is 0.333. The first kappa shape index (κ1) is 13.4. The molecule has 4 N–H and O–H groups in total. The maximum atomic E-state index is 10.5. The third-order valence-corrected chi connectivity index (χ3v) is 2.92. The second-order valence-corrected chi connectivity index (χ2v) is 4.98. The quantitative estimate of drug-likeness (QED) is 0.685. The molecule has 90 valence electrons. The van der Waals surface area contributed by atoms with Crippen LogP contribution in [0.4, 0.5) is 0 Å². The Kier molecular flexibility index (Phi) is 4.69. The fourth-order valence-electron chi connectivity index (χ4n) is 1.28. The fourth-order valence-corrected chi connectivity index (χ4v) is 1.82. The Labute approximate surface area is 99.5 Å². The van der Waals surface area contributed by atoms with E-state index < -0.39 is 10.3 Å². The standard InChI is InChI=1S/C9H13ClN2O3S/c10-9-3-1-7(2-4-9)8(5-11)6-12-16(13,14)15/h1-4,8,12H,5-6,11H2,(H,13,14,15). The van der Waals surface area contributed by atoms with Gasteiger partial charge in [0.25, 0.3) is 0 Å². The van der Waals surface area contributed by atoms with E-state index in [1.165, 1.54) is 0 Å². The Morgan fingerprint density at radius 1 is 1.38 bits per heavy atom. The highest BCUT2D eigenvalue weighted by Crippen LogP contribution is 2.17. The summed E-state index contributed by atoms with van der Waals surface area (Å²) in [5.74, 6) is -0.195. The Balaban J connectivity index is 2.71. The Morgan fingerprint density at radius 3 is 2.38 bits per heavy atom. The molecule has 5 nitrogen and oxygen atoms in total. The Bertz CT molecular complexity index is 433. The van der Waals surface area contributed by atoms with Crippen molar-refractivity contribution in [2.24, 2.45) is 5.73 Å². The number of hydrogen-bond donors (Lipinski definition) is 3. The van der Waals surface area contributed by atoms with Crippen LogP contribution in [0.5, 0.6) is 0 Å². The molecule has 0 spiro atoms. The second kappa shape index (κ2) is 5.60. The van der Waals surface area contributed by atoms with E-state index in [4.69, 9.17) is 21.9 Å². The van der Waals surface area contributed by atoms with Crippen molar-refractivity contribution in [2.45, 2.75) is 5.92 Å². The first-order valence-corrected chi connectivity index (χ1v) is 6.42. The molecule has 0 saturated heterocycles. The molecule has 1 aromatic carbocycles. The van der Waals surface area contributed by atoms with Gasteiger partial charge in [-0.3, -0.25) is 4.55 Å². The highest BCUT2D eigenvalue weighted by atomic mass is 35.5. The van der Waals surface area contributed by atoms with Crippen LogP contribution in [0.15, 0.2) is 24.3 Å². The monoisotopic (exact) mass is 264 g/mol. The van der Waals surface area contributed by atoms with Crippen LogP contribution in [-0.2, 0) is 10.3 Å². The van der Waals surface area contributed by atoms with E-state index in [1.54, 1.807) is 24.3 Å². The van der Waals surface area contributed by atoms with E-state index in [2.05, 4.69) is 0 Å². The summed E-state index contributed by atoms with van der Waals surface area (Å²) < 4.78 is 31.6. The van der Waals surface area contributed by atoms with Gasteiger partial charge in [-0.15, -0.1) is 0 Å². The van der Waals surface area contributed by atoms with Gasteiger partial charge in [0.1, 0.15) is 0 Å². The molecular weight excluding hydrogens is 252 g/mol. The lowest BCUT2D eigenvalue weighted by Gasteiger charge is -2.14. The third-order valence-electron chi connectivity index (χ3n) is 2.14. The summed E-state index contributed by atoms with van der Waals surface area (Å²) in [5, 5.41) is 0.599. The number of hydrogen-bond acceptors (Lipinski definition) is 3.